The van der Waals surface area contributed by atoms with Crippen LogP contribution in [0, 0.1) is 6.92 Å². The van der Waals surface area contributed by atoms with Crippen molar-refractivity contribution < 1.29 is 4.74 Å². The molecule has 0 atom stereocenters. The van der Waals surface area contributed by atoms with E-state index in [2.05, 4.69) is 5.10 Å². The molecule has 1 heterocycles. The molecule has 2 aromatic carbocycles. The van der Waals surface area contributed by atoms with Crippen molar-refractivity contribution >= 4 is 11.4 Å². The molecule has 3 rings (SSSR count). The molecule has 0 unspecified atom stereocenters. The Morgan fingerprint density at radius 1 is 1.09 bits per heavy atom. The minimum Gasteiger partial charge on any atom is -0.494 e. The lowest BCUT2D eigenvalue weighted by atomic mass is 10.1. The van der Waals surface area contributed by atoms with Crippen LogP contribution in [0.15, 0.2) is 65.9 Å². The molecule has 0 N–H and O–H groups in total. The number of methoxy groups -OCH3 is 1. The Bertz CT molecular complexity index is 835. The normalized spacial score (nSPS) is 11.5. The van der Waals surface area contributed by atoms with E-state index in [1.165, 1.54) is 0 Å². The number of hydrogen-bond donors (Lipinski definition) is 0. The summed E-state index contributed by atoms with van der Waals surface area (Å²) in [5.74, 6) is 0.757. The first-order chi connectivity index (χ1) is 11.2. The third-order valence-electron chi connectivity index (χ3n) is 3.59. The average Bonchev–Trinajstić information content (AvgIpc) is 3.00. The zero-order valence-corrected chi connectivity index (χ0v) is 13.5. The molecule has 0 fully saturated rings. The highest BCUT2D eigenvalue weighted by atomic mass is 16.5. The summed E-state index contributed by atoms with van der Waals surface area (Å²) in [7, 11) is 3.56. The number of aromatic nitrogens is 2. The van der Waals surface area contributed by atoms with Gasteiger partial charge in [0.2, 0.25) is 0 Å². The van der Waals surface area contributed by atoms with E-state index >= 15 is 0 Å². The van der Waals surface area contributed by atoms with Gasteiger partial charge in [-0.1, -0.05) is 36.4 Å². The maximum atomic E-state index is 5.45. The van der Waals surface area contributed by atoms with Crippen molar-refractivity contribution in [2.75, 3.05) is 7.11 Å². The summed E-state index contributed by atoms with van der Waals surface area (Å²) in [6.45, 7) is 2.05. The minimum absolute atomic E-state index is 0.757. The van der Waals surface area contributed by atoms with Gasteiger partial charge in [-0.25, -0.2) is 4.99 Å². The Balaban J connectivity index is 2.18. The second-order valence-corrected chi connectivity index (χ2v) is 5.40. The summed E-state index contributed by atoms with van der Waals surface area (Å²) in [6.07, 6.45) is 3.79. The molecule has 0 aliphatic rings. The molecule has 0 bridgehead atoms. The molecule has 0 spiro atoms. The maximum Gasteiger partial charge on any atom is 0.144 e. The number of ether oxygens (including phenoxy) is 1. The molecule has 0 saturated heterocycles. The first kappa shape index (κ1) is 15.0. The van der Waals surface area contributed by atoms with E-state index in [0.29, 0.717) is 0 Å². The van der Waals surface area contributed by atoms with Gasteiger partial charge in [0, 0.05) is 24.4 Å². The Hall–Kier alpha value is -2.88. The molecule has 116 valence electrons. The molecule has 1 aromatic heterocycles. The van der Waals surface area contributed by atoms with Crippen molar-refractivity contribution in [3.63, 3.8) is 0 Å². The molecule has 0 amide bonds. The van der Waals surface area contributed by atoms with Crippen LogP contribution in [0.1, 0.15) is 16.7 Å². The smallest absolute Gasteiger partial charge is 0.144 e. The van der Waals surface area contributed by atoms with Gasteiger partial charge in [0.15, 0.2) is 0 Å². The fraction of sp³-hybridized carbons (Fsp3) is 0.158. The largest absolute Gasteiger partial charge is 0.494 e. The molecular weight excluding hydrogens is 286 g/mol. The molecule has 0 aliphatic heterocycles. The Morgan fingerprint density at radius 2 is 1.87 bits per heavy atom. The molecular formula is C19H19N3O. The topological polar surface area (TPSA) is 39.4 Å². The van der Waals surface area contributed by atoms with E-state index in [1.807, 2.05) is 74.9 Å². The van der Waals surface area contributed by atoms with Crippen molar-refractivity contribution in [2.24, 2.45) is 12.0 Å². The van der Waals surface area contributed by atoms with E-state index in [-0.39, 0.29) is 0 Å². The van der Waals surface area contributed by atoms with Crippen LogP contribution < -0.4 is 4.74 Å². The predicted molar refractivity (Wildman–Crippen MR) is 92.7 cm³/mol. The first-order valence-corrected chi connectivity index (χ1v) is 7.45. The van der Waals surface area contributed by atoms with Crippen molar-refractivity contribution in [1.82, 2.24) is 9.78 Å². The standard InChI is InChI=1S/C19H19N3O/c1-14-9-10-18(23-3)17(11-14)21-19(15-7-5-4-6-8-15)16-12-20-22(2)13-16/h4-13H,1-3H3. The zero-order valence-electron chi connectivity index (χ0n) is 13.5. The number of aliphatic imine (C=N–C) groups is 1. The van der Waals surface area contributed by atoms with Crippen molar-refractivity contribution in [3.8, 4) is 5.75 Å². The third kappa shape index (κ3) is 3.31. The monoisotopic (exact) mass is 305 g/mol. The van der Waals surface area contributed by atoms with Crippen LogP contribution in [-0.4, -0.2) is 22.6 Å². The first-order valence-electron chi connectivity index (χ1n) is 7.45. The van der Waals surface area contributed by atoms with Crippen LogP contribution in [0.3, 0.4) is 0 Å². The van der Waals surface area contributed by atoms with Gasteiger partial charge < -0.3 is 4.74 Å². The molecule has 4 heteroatoms. The van der Waals surface area contributed by atoms with Crippen LogP contribution in [0.5, 0.6) is 5.75 Å². The summed E-state index contributed by atoms with van der Waals surface area (Å²) >= 11 is 0. The van der Waals surface area contributed by atoms with Gasteiger partial charge in [-0.05, 0) is 24.6 Å². The van der Waals surface area contributed by atoms with Gasteiger partial charge in [-0.2, -0.15) is 5.10 Å². The van der Waals surface area contributed by atoms with Crippen LogP contribution in [0.25, 0.3) is 0 Å². The highest BCUT2D eigenvalue weighted by Crippen LogP contribution is 2.30. The lowest BCUT2D eigenvalue weighted by molar-refractivity contribution is 0.416. The SMILES string of the molecule is COc1ccc(C)cc1N=C(c1ccccc1)c1cnn(C)c1. The number of hydrogen-bond acceptors (Lipinski definition) is 3. The van der Waals surface area contributed by atoms with Crippen molar-refractivity contribution in [2.45, 2.75) is 6.92 Å². The fourth-order valence-corrected chi connectivity index (χ4v) is 2.44. The zero-order chi connectivity index (χ0) is 16.2. The summed E-state index contributed by atoms with van der Waals surface area (Å²) < 4.78 is 7.23. The van der Waals surface area contributed by atoms with Gasteiger partial charge in [0.25, 0.3) is 0 Å². The molecule has 0 saturated carbocycles. The van der Waals surface area contributed by atoms with Crippen LogP contribution in [-0.2, 0) is 7.05 Å². The van der Waals surface area contributed by atoms with Gasteiger partial charge in [0.1, 0.15) is 11.4 Å². The number of rotatable bonds is 4. The van der Waals surface area contributed by atoms with E-state index in [1.54, 1.807) is 11.8 Å². The number of benzene rings is 2. The second-order valence-electron chi connectivity index (χ2n) is 5.40. The van der Waals surface area contributed by atoms with Crippen LogP contribution in [0.4, 0.5) is 5.69 Å². The van der Waals surface area contributed by atoms with Crippen molar-refractivity contribution in [3.05, 3.63) is 77.6 Å². The van der Waals surface area contributed by atoms with Gasteiger partial charge in [-0.3, -0.25) is 4.68 Å². The van der Waals surface area contributed by atoms with Crippen LogP contribution >= 0.6 is 0 Å². The Labute approximate surface area is 136 Å². The van der Waals surface area contributed by atoms with E-state index in [4.69, 9.17) is 9.73 Å². The van der Waals surface area contributed by atoms with Gasteiger partial charge >= 0.3 is 0 Å². The molecule has 3 aromatic rings. The lowest BCUT2D eigenvalue weighted by Crippen LogP contribution is -2.02. The molecule has 4 nitrogen and oxygen atoms in total. The summed E-state index contributed by atoms with van der Waals surface area (Å²) in [5.41, 5.74) is 4.85. The lowest BCUT2D eigenvalue weighted by Gasteiger charge is -2.09. The quantitative estimate of drug-likeness (QED) is 0.686. The fourth-order valence-electron chi connectivity index (χ4n) is 2.44. The van der Waals surface area contributed by atoms with E-state index < -0.39 is 0 Å². The van der Waals surface area contributed by atoms with E-state index in [0.717, 1.165) is 33.8 Å². The average molecular weight is 305 g/mol. The maximum absolute atomic E-state index is 5.45. The number of nitrogens with zero attached hydrogens (tertiary/aromatic N) is 3. The summed E-state index contributed by atoms with van der Waals surface area (Å²) in [4.78, 5) is 4.88. The summed E-state index contributed by atoms with van der Waals surface area (Å²) in [5, 5.41) is 4.27. The van der Waals surface area contributed by atoms with E-state index in [9.17, 15) is 0 Å². The molecule has 0 radical (unpaired) electrons. The molecule has 0 aliphatic carbocycles. The third-order valence-corrected chi connectivity index (χ3v) is 3.59. The van der Waals surface area contributed by atoms with Crippen molar-refractivity contribution in [1.29, 1.82) is 0 Å². The van der Waals surface area contributed by atoms with Gasteiger partial charge in [0.05, 0.1) is 19.0 Å². The highest BCUT2D eigenvalue weighted by Gasteiger charge is 2.11. The highest BCUT2D eigenvalue weighted by molar-refractivity contribution is 6.13. The van der Waals surface area contributed by atoms with Gasteiger partial charge in [-0.15, -0.1) is 0 Å². The predicted octanol–water partition coefficient (Wildman–Crippen LogP) is 3.91. The molecule has 23 heavy (non-hydrogen) atoms. The minimum atomic E-state index is 0.757. The number of aryl methyl sites for hydroxylation is 2. The summed E-state index contributed by atoms with van der Waals surface area (Å²) in [6, 6.07) is 16.1. The second kappa shape index (κ2) is 6.48. The Kier molecular flexibility index (Phi) is 4.24. The Morgan fingerprint density at radius 3 is 2.52 bits per heavy atom. The van der Waals surface area contributed by atoms with Crippen LogP contribution in [0.2, 0.25) is 0 Å².